The zero-order valence-corrected chi connectivity index (χ0v) is 14.2. The summed E-state index contributed by atoms with van der Waals surface area (Å²) < 4.78 is 1.11. The largest absolute Gasteiger partial charge is 0.310 e. The highest BCUT2D eigenvalue weighted by Crippen LogP contribution is 2.44. The van der Waals surface area contributed by atoms with Crippen molar-refractivity contribution in [3.05, 3.63) is 39.3 Å². The number of nitrogens with one attached hydrogen (secondary N) is 1. The van der Waals surface area contributed by atoms with E-state index < -0.39 is 0 Å². The molecule has 2 aromatic rings. The van der Waals surface area contributed by atoms with Crippen LogP contribution in [0.3, 0.4) is 0 Å². The molecule has 1 heterocycles. The molecule has 106 valence electrons. The Kier molecular flexibility index (Phi) is 4.24. The second-order valence-corrected chi connectivity index (χ2v) is 7.64. The Morgan fingerprint density at radius 2 is 2.00 bits per heavy atom. The maximum absolute atomic E-state index is 4.91. The lowest BCUT2D eigenvalue weighted by Gasteiger charge is -2.07. The van der Waals surface area contributed by atoms with Gasteiger partial charge in [0.15, 0.2) is 0 Å². The molecule has 20 heavy (non-hydrogen) atoms. The Balaban J connectivity index is 1.88. The van der Waals surface area contributed by atoms with Gasteiger partial charge in [0.1, 0.15) is 5.01 Å². The van der Waals surface area contributed by atoms with Crippen molar-refractivity contribution in [1.29, 1.82) is 0 Å². The first-order valence-corrected chi connectivity index (χ1v) is 8.73. The van der Waals surface area contributed by atoms with E-state index in [1.54, 1.807) is 0 Å². The number of nitrogens with zero attached hydrogens (tertiary/aromatic N) is 1. The summed E-state index contributed by atoms with van der Waals surface area (Å²) in [5, 5.41) is 4.67. The zero-order chi connectivity index (χ0) is 14.1. The second-order valence-electron chi connectivity index (χ2n) is 5.64. The van der Waals surface area contributed by atoms with Crippen LogP contribution in [0.4, 0.5) is 0 Å². The van der Waals surface area contributed by atoms with Gasteiger partial charge in [-0.2, -0.15) is 0 Å². The average molecular weight is 351 g/mol. The van der Waals surface area contributed by atoms with E-state index in [-0.39, 0.29) is 0 Å². The van der Waals surface area contributed by atoms with Crippen LogP contribution in [0.15, 0.2) is 28.7 Å². The quantitative estimate of drug-likeness (QED) is 0.825. The van der Waals surface area contributed by atoms with Crippen molar-refractivity contribution in [2.75, 3.05) is 0 Å². The van der Waals surface area contributed by atoms with Crippen LogP contribution >= 0.6 is 27.3 Å². The fourth-order valence-corrected chi connectivity index (χ4v) is 3.55. The van der Waals surface area contributed by atoms with E-state index in [0.717, 1.165) is 16.0 Å². The number of rotatable bonds is 5. The van der Waals surface area contributed by atoms with Crippen LogP contribution in [-0.2, 0) is 6.54 Å². The van der Waals surface area contributed by atoms with Gasteiger partial charge in [-0.05, 0) is 25.0 Å². The van der Waals surface area contributed by atoms with Crippen molar-refractivity contribution >= 4 is 27.3 Å². The summed E-state index contributed by atoms with van der Waals surface area (Å²) in [5.41, 5.74) is 2.55. The smallest absolute Gasteiger partial charge is 0.123 e. The molecule has 0 unspecified atom stereocenters. The van der Waals surface area contributed by atoms with Crippen LogP contribution in [0.1, 0.15) is 43.2 Å². The Labute approximate surface area is 132 Å². The molecule has 1 fully saturated rings. The van der Waals surface area contributed by atoms with Gasteiger partial charge in [-0.3, -0.25) is 0 Å². The molecule has 2 nitrogen and oxygen atoms in total. The predicted octanol–water partition coefficient (Wildman–Crippen LogP) is 4.95. The Hall–Kier alpha value is -0.710. The van der Waals surface area contributed by atoms with Crippen molar-refractivity contribution in [2.24, 2.45) is 0 Å². The van der Waals surface area contributed by atoms with E-state index in [1.807, 2.05) is 11.3 Å². The van der Waals surface area contributed by atoms with Crippen molar-refractivity contribution < 1.29 is 0 Å². The first-order chi connectivity index (χ1) is 9.63. The molecule has 1 aliphatic carbocycles. The molecule has 4 heteroatoms. The fraction of sp³-hybridized carbons (Fsp3) is 0.438. The number of hydrogen-bond donors (Lipinski definition) is 1. The molecule has 0 atom stereocenters. The molecule has 1 aromatic carbocycles. The molecule has 1 aromatic heterocycles. The molecule has 0 bridgehead atoms. The van der Waals surface area contributed by atoms with Gasteiger partial charge < -0.3 is 5.32 Å². The fourth-order valence-electron chi connectivity index (χ4n) is 2.18. The molecule has 1 aliphatic rings. The summed E-state index contributed by atoms with van der Waals surface area (Å²) >= 11 is 5.32. The van der Waals surface area contributed by atoms with E-state index in [9.17, 15) is 0 Å². The number of thiazole rings is 1. The van der Waals surface area contributed by atoms with Gasteiger partial charge in [0, 0.05) is 33.4 Å². The minimum Gasteiger partial charge on any atom is -0.310 e. The third-order valence-electron chi connectivity index (χ3n) is 3.45. The highest BCUT2D eigenvalue weighted by molar-refractivity contribution is 9.10. The summed E-state index contributed by atoms with van der Waals surface area (Å²) in [6.45, 7) is 5.32. The summed E-state index contributed by atoms with van der Waals surface area (Å²) in [5.74, 6) is 0.708. The Morgan fingerprint density at radius 3 is 2.60 bits per heavy atom. The lowest BCUT2D eigenvalue weighted by atomic mass is 10.2. The van der Waals surface area contributed by atoms with E-state index in [0.29, 0.717) is 12.0 Å². The van der Waals surface area contributed by atoms with Crippen LogP contribution in [0.5, 0.6) is 0 Å². The molecule has 1 saturated carbocycles. The molecule has 0 radical (unpaired) electrons. The van der Waals surface area contributed by atoms with Crippen LogP contribution in [0, 0.1) is 0 Å². The SMILES string of the molecule is CC(C)NCc1sc(-c2ccc(Br)cc2)nc1C1CC1. The third-order valence-corrected chi connectivity index (χ3v) is 5.10. The molecule has 3 rings (SSSR count). The van der Waals surface area contributed by atoms with Crippen LogP contribution in [0.25, 0.3) is 10.6 Å². The van der Waals surface area contributed by atoms with Gasteiger partial charge in [0.25, 0.3) is 0 Å². The third kappa shape index (κ3) is 3.30. The lowest BCUT2D eigenvalue weighted by Crippen LogP contribution is -2.21. The standard InChI is InChI=1S/C16H19BrN2S/c1-10(2)18-9-14-15(11-3-4-11)19-16(20-14)12-5-7-13(17)8-6-12/h5-8,10-11,18H,3-4,9H2,1-2H3. The van der Waals surface area contributed by atoms with Crippen LogP contribution in [-0.4, -0.2) is 11.0 Å². The second kappa shape index (κ2) is 5.96. The van der Waals surface area contributed by atoms with Gasteiger partial charge in [0.05, 0.1) is 5.69 Å². The van der Waals surface area contributed by atoms with Gasteiger partial charge >= 0.3 is 0 Å². The van der Waals surface area contributed by atoms with Gasteiger partial charge in [-0.25, -0.2) is 4.98 Å². The van der Waals surface area contributed by atoms with E-state index in [2.05, 4.69) is 59.4 Å². The monoisotopic (exact) mass is 350 g/mol. The van der Waals surface area contributed by atoms with E-state index >= 15 is 0 Å². The lowest BCUT2D eigenvalue weighted by molar-refractivity contribution is 0.590. The maximum atomic E-state index is 4.91. The molecule has 1 N–H and O–H groups in total. The van der Waals surface area contributed by atoms with Crippen molar-refractivity contribution in [3.63, 3.8) is 0 Å². The van der Waals surface area contributed by atoms with E-state index in [1.165, 1.54) is 29.0 Å². The van der Waals surface area contributed by atoms with Crippen LogP contribution < -0.4 is 5.32 Å². The van der Waals surface area contributed by atoms with E-state index in [4.69, 9.17) is 4.98 Å². The first kappa shape index (κ1) is 14.2. The van der Waals surface area contributed by atoms with Crippen molar-refractivity contribution in [2.45, 2.75) is 45.2 Å². The van der Waals surface area contributed by atoms with Gasteiger partial charge in [-0.15, -0.1) is 11.3 Å². The molecular weight excluding hydrogens is 332 g/mol. The first-order valence-electron chi connectivity index (χ1n) is 7.12. The van der Waals surface area contributed by atoms with Crippen molar-refractivity contribution in [1.82, 2.24) is 10.3 Å². The highest BCUT2D eigenvalue weighted by Gasteiger charge is 2.29. The Morgan fingerprint density at radius 1 is 1.30 bits per heavy atom. The average Bonchev–Trinajstić information content (AvgIpc) is 3.18. The molecule has 0 spiro atoms. The summed E-state index contributed by atoms with van der Waals surface area (Å²) in [4.78, 5) is 6.33. The summed E-state index contributed by atoms with van der Waals surface area (Å²) in [6.07, 6.45) is 2.61. The Bertz CT molecular complexity index is 585. The molecule has 0 aliphatic heterocycles. The molecule has 0 saturated heterocycles. The molecule has 0 amide bonds. The summed E-state index contributed by atoms with van der Waals surface area (Å²) in [6, 6.07) is 8.96. The van der Waals surface area contributed by atoms with Crippen molar-refractivity contribution in [3.8, 4) is 10.6 Å². The van der Waals surface area contributed by atoms with Gasteiger partial charge in [0.2, 0.25) is 0 Å². The van der Waals surface area contributed by atoms with Gasteiger partial charge in [-0.1, -0.05) is 41.9 Å². The predicted molar refractivity (Wildman–Crippen MR) is 89.2 cm³/mol. The normalized spacial score (nSPS) is 15.0. The minimum atomic E-state index is 0.514. The number of aromatic nitrogens is 1. The minimum absolute atomic E-state index is 0.514. The number of benzene rings is 1. The van der Waals surface area contributed by atoms with Crippen LogP contribution in [0.2, 0.25) is 0 Å². The number of halogens is 1. The molecular formula is C16H19BrN2S. The number of hydrogen-bond acceptors (Lipinski definition) is 3. The zero-order valence-electron chi connectivity index (χ0n) is 11.8. The summed E-state index contributed by atoms with van der Waals surface area (Å²) in [7, 11) is 0. The maximum Gasteiger partial charge on any atom is 0.123 e. The highest BCUT2D eigenvalue weighted by atomic mass is 79.9. The topological polar surface area (TPSA) is 24.9 Å².